The van der Waals surface area contributed by atoms with Crippen molar-refractivity contribution in [3.05, 3.63) is 32.9 Å². The Balaban J connectivity index is 3.20. The highest BCUT2D eigenvalue weighted by Gasteiger charge is 2.03. The molecule has 0 atom stereocenters. The molecule has 0 spiro atoms. The molecular formula is C8H8INO. The summed E-state index contributed by atoms with van der Waals surface area (Å²) in [5, 5.41) is 0. The molecule has 2 N–H and O–H groups in total. The molecule has 2 nitrogen and oxygen atoms in total. The quantitative estimate of drug-likeness (QED) is 0.768. The van der Waals surface area contributed by atoms with E-state index in [2.05, 4.69) is 22.6 Å². The normalized spacial score (nSPS) is 9.64. The summed E-state index contributed by atoms with van der Waals surface area (Å²) in [7, 11) is 0. The Labute approximate surface area is 78.9 Å². The van der Waals surface area contributed by atoms with Gasteiger partial charge in [0.05, 0.1) is 5.56 Å². The largest absolute Gasteiger partial charge is 0.366 e. The highest BCUT2D eigenvalue weighted by Crippen LogP contribution is 2.13. The van der Waals surface area contributed by atoms with Crippen LogP contribution < -0.4 is 5.73 Å². The van der Waals surface area contributed by atoms with E-state index in [1.54, 1.807) is 6.07 Å². The third kappa shape index (κ3) is 1.92. The number of aryl methyl sites for hydroxylation is 1. The van der Waals surface area contributed by atoms with Crippen molar-refractivity contribution in [3.63, 3.8) is 0 Å². The molecule has 1 amide bonds. The van der Waals surface area contributed by atoms with Crippen molar-refractivity contribution in [1.29, 1.82) is 0 Å². The van der Waals surface area contributed by atoms with Crippen molar-refractivity contribution in [2.24, 2.45) is 5.73 Å². The molecule has 0 bridgehead atoms. The van der Waals surface area contributed by atoms with Crippen molar-refractivity contribution in [3.8, 4) is 0 Å². The average molecular weight is 261 g/mol. The molecule has 0 unspecified atom stereocenters. The Morgan fingerprint density at radius 3 is 2.64 bits per heavy atom. The van der Waals surface area contributed by atoms with Crippen LogP contribution in [-0.4, -0.2) is 5.91 Å². The molecule has 1 rings (SSSR count). The van der Waals surface area contributed by atoms with E-state index in [1.807, 2.05) is 19.1 Å². The van der Waals surface area contributed by atoms with Crippen LogP contribution in [0.5, 0.6) is 0 Å². The van der Waals surface area contributed by atoms with Gasteiger partial charge in [-0.15, -0.1) is 0 Å². The number of carbonyl (C=O) groups is 1. The number of hydrogen-bond acceptors (Lipinski definition) is 1. The molecule has 0 fully saturated rings. The summed E-state index contributed by atoms with van der Waals surface area (Å²) in [5.41, 5.74) is 6.85. The van der Waals surface area contributed by atoms with Gasteiger partial charge < -0.3 is 5.73 Å². The second-order valence-corrected chi connectivity index (χ2v) is 3.51. The summed E-state index contributed by atoms with van der Waals surface area (Å²) in [4.78, 5) is 10.8. The van der Waals surface area contributed by atoms with Gasteiger partial charge in [-0.2, -0.15) is 0 Å². The molecule has 0 saturated heterocycles. The zero-order chi connectivity index (χ0) is 8.43. The second-order valence-electron chi connectivity index (χ2n) is 2.35. The molecule has 0 aliphatic rings. The van der Waals surface area contributed by atoms with E-state index in [9.17, 15) is 4.79 Å². The fourth-order valence-corrected chi connectivity index (χ4v) is 1.76. The number of rotatable bonds is 1. The molecule has 58 valence electrons. The number of hydrogen-bond donors (Lipinski definition) is 1. The highest BCUT2D eigenvalue weighted by molar-refractivity contribution is 14.1. The van der Waals surface area contributed by atoms with Crippen LogP contribution in [-0.2, 0) is 0 Å². The van der Waals surface area contributed by atoms with Gasteiger partial charge in [0.25, 0.3) is 0 Å². The maximum atomic E-state index is 10.8. The van der Waals surface area contributed by atoms with Crippen LogP contribution in [0.15, 0.2) is 18.2 Å². The minimum atomic E-state index is -0.366. The zero-order valence-electron chi connectivity index (χ0n) is 6.10. The van der Waals surface area contributed by atoms with Gasteiger partial charge in [-0.1, -0.05) is 11.6 Å². The topological polar surface area (TPSA) is 43.1 Å². The van der Waals surface area contributed by atoms with Crippen molar-refractivity contribution in [1.82, 2.24) is 0 Å². The molecule has 0 aromatic heterocycles. The highest BCUT2D eigenvalue weighted by atomic mass is 127. The maximum absolute atomic E-state index is 10.8. The van der Waals surface area contributed by atoms with Gasteiger partial charge in [-0.05, 0) is 41.6 Å². The predicted molar refractivity (Wildman–Crippen MR) is 52.4 cm³/mol. The smallest absolute Gasteiger partial charge is 0.249 e. The number of carbonyl (C=O) groups excluding carboxylic acids is 1. The average Bonchev–Trinajstić information content (AvgIpc) is 1.85. The standard InChI is InChI=1S/C8H8INO/c1-5-2-3-6(8(10)11)7(9)4-5/h2-4H,1H3,(H2,10,11). The lowest BCUT2D eigenvalue weighted by atomic mass is 10.1. The fourth-order valence-electron chi connectivity index (χ4n) is 0.820. The molecular weight excluding hydrogens is 253 g/mol. The molecule has 0 heterocycles. The van der Waals surface area contributed by atoms with Crippen LogP contribution in [0.3, 0.4) is 0 Å². The molecule has 0 aliphatic carbocycles. The maximum Gasteiger partial charge on any atom is 0.249 e. The minimum Gasteiger partial charge on any atom is -0.366 e. The van der Waals surface area contributed by atoms with Crippen LogP contribution in [0.25, 0.3) is 0 Å². The Hall–Kier alpha value is -0.580. The Bertz CT molecular complexity index is 296. The lowest BCUT2D eigenvalue weighted by Gasteiger charge is -1.99. The first-order valence-electron chi connectivity index (χ1n) is 3.17. The van der Waals surface area contributed by atoms with E-state index >= 15 is 0 Å². The van der Waals surface area contributed by atoms with Crippen LogP contribution >= 0.6 is 22.6 Å². The zero-order valence-corrected chi connectivity index (χ0v) is 8.25. The first-order chi connectivity index (χ1) is 5.11. The first kappa shape index (κ1) is 8.52. The lowest BCUT2D eigenvalue weighted by Crippen LogP contribution is -2.12. The molecule has 0 saturated carbocycles. The molecule has 1 aromatic carbocycles. The number of primary amides is 1. The third-order valence-corrected chi connectivity index (χ3v) is 2.28. The van der Waals surface area contributed by atoms with Gasteiger partial charge in [-0.3, -0.25) is 4.79 Å². The minimum absolute atomic E-state index is 0.366. The second kappa shape index (κ2) is 3.21. The summed E-state index contributed by atoms with van der Waals surface area (Å²) in [6, 6.07) is 5.56. The van der Waals surface area contributed by atoms with Crippen molar-refractivity contribution >= 4 is 28.5 Å². The number of halogens is 1. The SMILES string of the molecule is Cc1ccc(C(N)=O)c(I)c1. The summed E-state index contributed by atoms with van der Waals surface area (Å²) in [6.07, 6.45) is 0. The first-order valence-corrected chi connectivity index (χ1v) is 4.25. The van der Waals surface area contributed by atoms with E-state index in [0.717, 1.165) is 9.13 Å². The van der Waals surface area contributed by atoms with Gasteiger partial charge in [0.15, 0.2) is 0 Å². The Kier molecular flexibility index (Phi) is 2.49. The van der Waals surface area contributed by atoms with E-state index in [-0.39, 0.29) is 5.91 Å². The monoisotopic (exact) mass is 261 g/mol. The van der Waals surface area contributed by atoms with E-state index < -0.39 is 0 Å². The van der Waals surface area contributed by atoms with Gasteiger partial charge >= 0.3 is 0 Å². The summed E-state index contributed by atoms with van der Waals surface area (Å²) in [6.45, 7) is 1.98. The van der Waals surface area contributed by atoms with Gasteiger partial charge in [0.1, 0.15) is 0 Å². The molecule has 1 aromatic rings. The number of benzene rings is 1. The van der Waals surface area contributed by atoms with Crippen molar-refractivity contribution in [2.45, 2.75) is 6.92 Å². The molecule has 0 aliphatic heterocycles. The van der Waals surface area contributed by atoms with Crippen LogP contribution in [0.1, 0.15) is 15.9 Å². The van der Waals surface area contributed by atoms with Gasteiger partial charge in [0, 0.05) is 3.57 Å². The van der Waals surface area contributed by atoms with Crippen molar-refractivity contribution < 1.29 is 4.79 Å². The molecule has 11 heavy (non-hydrogen) atoms. The summed E-state index contributed by atoms with van der Waals surface area (Å²) < 4.78 is 0.912. The number of amides is 1. The van der Waals surface area contributed by atoms with Crippen LogP contribution in [0.4, 0.5) is 0 Å². The van der Waals surface area contributed by atoms with E-state index in [1.165, 1.54) is 0 Å². The van der Waals surface area contributed by atoms with E-state index in [4.69, 9.17) is 5.73 Å². The van der Waals surface area contributed by atoms with Gasteiger partial charge in [0.2, 0.25) is 5.91 Å². The third-order valence-electron chi connectivity index (χ3n) is 1.39. The lowest BCUT2D eigenvalue weighted by molar-refractivity contribution is 0.0999. The summed E-state index contributed by atoms with van der Waals surface area (Å²) in [5.74, 6) is -0.366. The molecule has 0 radical (unpaired) electrons. The van der Waals surface area contributed by atoms with Gasteiger partial charge in [-0.25, -0.2) is 0 Å². The van der Waals surface area contributed by atoms with E-state index in [0.29, 0.717) is 5.56 Å². The Morgan fingerprint density at radius 1 is 1.55 bits per heavy atom. The van der Waals surface area contributed by atoms with Crippen molar-refractivity contribution in [2.75, 3.05) is 0 Å². The fraction of sp³-hybridized carbons (Fsp3) is 0.125. The van der Waals surface area contributed by atoms with Crippen LogP contribution in [0.2, 0.25) is 0 Å². The van der Waals surface area contributed by atoms with Crippen LogP contribution in [0, 0.1) is 10.5 Å². The summed E-state index contributed by atoms with van der Waals surface area (Å²) >= 11 is 2.10. The molecule has 3 heteroatoms. The predicted octanol–water partition coefficient (Wildman–Crippen LogP) is 1.70. The Morgan fingerprint density at radius 2 is 2.18 bits per heavy atom. The number of nitrogens with two attached hydrogens (primary N) is 1.